The van der Waals surface area contributed by atoms with Crippen molar-refractivity contribution < 1.29 is 9.90 Å². The molecular formula is C13H7BrClN3O2. The molecule has 0 radical (unpaired) electrons. The Morgan fingerprint density at radius 1 is 1.25 bits per heavy atom. The Kier molecular flexibility index (Phi) is 3.19. The molecule has 0 atom stereocenters. The summed E-state index contributed by atoms with van der Waals surface area (Å²) in [4.78, 5) is 10.9. The summed E-state index contributed by atoms with van der Waals surface area (Å²) in [6, 6.07) is 10.0. The molecule has 0 aliphatic rings. The average molecular weight is 353 g/mol. The van der Waals surface area contributed by atoms with E-state index in [1.165, 1.54) is 12.1 Å². The highest BCUT2D eigenvalue weighted by molar-refractivity contribution is 9.10. The number of aromatic nitrogens is 3. The number of carbonyl (C=O) groups is 1. The van der Waals surface area contributed by atoms with Crippen molar-refractivity contribution in [3.63, 3.8) is 0 Å². The number of aromatic carboxylic acids is 1. The van der Waals surface area contributed by atoms with Crippen LogP contribution in [0.4, 0.5) is 0 Å². The van der Waals surface area contributed by atoms with Crippen molar-refractivity contribution in [2.24, 2.45) is 0 Å². The first-order valence-electron chi connectivity index (χ1n) is 5.60. The molecule has 100 valence electrons. The summed E-state index contributed by atoms with van der Waals surface area (Å²) in [7, 11) is 0. The van der Waals surface area contributed by atoms with Crippen LogP contribution in [0, 0.1) is 0 Å². The Bertz CT molecular complexity index is 832. The Balaban J connectivity index is 2.22. The van der Waals surface area contributed by atoms with E-state index in [0.717, 1.165) is 10.2 Å². The summed E-state index contributed by atoms with van der Waals surface area (Å²) >= 11 is 9.43. The van der Waals surface area contributed by atoms with Crippen molar-refractivity contribution in [1.29, 1.82) is 0 Å². The highest BCUT2D eigenvalue weighted by Crippen LogP contribution is 2.27. The zero-order valence-corrected chi connectivity index (χ0v) is 12.3. The molecule has 0 bridgehead atoms. The average Bonchev–Trinajstić information content (AvgIpc) is 2.84. The molecule has 0 aliphatic carbocycles. The van der Waals surface area contributed by atoms with E-state index >= 15 is 0 Å². The number of hydrogen-bond acceptors (Lipinski definition) is 3. The second-order valence-electron chi connectivity index (χ2n) is 4.11. The van der Waals surface area contributed by atoms with Gasteiger partial charge in [0.05, 0.1) is 16.8 Å². The van der Waals surface area contributed by atoms with Crippen LogP contribution >= 0.6 is 27.5 Å². The molecule has 0 fully saturated rings. The van der Waals surface area contributed by atoms with Gasteiger partial charge in [-0.2, -0.15) is 0 Å². The Labute approximate surface area is 126 Å². The van der Waals surface area contributed by atoms with Crippen LogP contribution in [0.3, 0.4) is 0 Å². The minimum atomic E-state index is -0.995. The quantitative estimate of drug-likeness (QED) is 0.766. The predicted molar refractivity (Wildman–Crippen MR) is 78.5 cm³/mol. The van der Waals surface area contributed by atoms with E-state index in [9.17, 15) is 4.79 Å². The molecule has 3 aromatic rings. The second kappa shape index (κ2) is 4.88. The molecule has 0 spiro atoms. The summed E-state index contributed by atoms with van der Waals surface area (Å²) in [5, 5.41) is 17.6. The summed E-state index contributed by atoms with van der Waals surface area (Å²) in [6.07, 6.45) is 0. The lowest BCUT2D eigenvalue weighted by molar-refractivity contribution is 0.0697. The van der Waals surface area contributed by atoms with Crippen LogP contribution in [0.1, 0.15) is 10.4 Å². The number of carboxylic acids is 1. The van der Waals surface area contributed by atoms with Crippen molar-refractivity contribution in [2.75, 3.05) is 0 Å². The van der Waals surface area contributed by atoms with Crippen LogP contribution < -0.4 is 0 Å². The third kappa shape index (κ3) is 2.17. The zero-order chi connectivity index (χ0) is 14.3. The van der Waals surface area contributed by atoms with Crippen LogP contribution in [0.2, 0.25) is 5.02 Å². The van der Waals surface area contributed by atoms with E-state index in [2.05, 4.69) is 26.2 Å². The number of benzene rings is 2. The van der Waals surface area contributed by atoms with Gasteiger partial charge in [0.15, 0.2) is 0 Å². The van der Waals surface area contributed by atoms with Crippen LogP contribution in [0.15, 0.2) is 40.9 Å². The first-order chi connectivity index (χ1) is 9.56. The maximum absolute atomic E-state index is 10.9. The van der Waals surface area contributed by atoms with E-state index in [0.29, 0.717) is 16.1 Å². The minimum Gasteiger partial charge on any atom is -0.478 e. The van der Waals surface area contributed by atoms with E-state index < -0.39 is 5.97 Å². The fraction of sp³-hybridized carbons (Fsp3) is 0. The number of hydrogen-bond donors (Lipinski definition) is 1. The van der Waals surface area contributed by atoms with Gasteiger partial charge >= 0.3 is 5.97 Å². The summed E-state index contributed by atoms with van der Waals surface area (Å²) in [5.74, 6) is -0.995. The van der Waals surface area contributed by atoms with Crippen LogP contribution in [-0.2, 0) is 0 Å². The van der Waals surface area contributed by atoms with Crippen molar-refractivity contribution in [1.82, 2.24) is 15.0 Å². The van der Waals surface area contributed by atoms with Gasteiger partial charge in [0, 0.05) is 9.50 Å². The molecule has 0 aliphatic heterocycles. The van der Waals surface area contributed by atoms with Gasteiger partial charge in [-0.15, -0.1) is 5.10 Å². The van der Waals surface area contributed by atoms with Crippen LogP contribution in [0.25, 0.3) is 16.7 Å². The Morgan fingerprint density at radius 2 is 2.05 bits per heavy atom. The maximum atomic E-state index is 10.9. The number of carboxylic acid groups (broad SMARTS) is 1. The first-order valence-corrected chi connectivity index (χ1v) is 6.77. The van der Waals surface area contributed by atoms with Gasteiger partial charge in [-0.3, -0.25) is 0 Å². The largest absolute Gasteiger partial charge is 0.478 e. The van der Waals surface area contributed by atoms with Gasteiger partial charge < -0.3 is 5.11 Å². The fourth-order valence-corrected chi connectivity index (χ4v) is 2.46. The number of rotatable bonds is 2. The number of halogens is 2. The zero-order valence-electron chi connectivity index (χ0n) is 9.92. The lowest BCUT2D eigenvalue weighted by Crippen LogP contribution is -1.98. The first kappa shape index (κ1) is 13.1. The smallest absolute Gasteiger partial charge is 0.335 e. The van der Waals surface area contributed by atoms with Crippen molar-refractivity contribution in [2.45, 2.75) is 0 Å². The second-order valence-corrected chi connectivity index (χ2v) is 5.40. The van der Waals surface area contributed by atoms with Gasteiger partial charge in [0.25, 0.3) is 0 Å². The highest BCUT2D eigenvalue weighted by atomic mass is 79.9. The molecule has 2 aromatic carbocycles. The van der Waals surface area contributed by atoms with Crippen molar-refractivity contribution in [3.05, 3.63) is 51.5 Å². The Hall–Kier alpha value is -1.92. The topological polar surface area (TPSA) is 68.0 Å². The lowest BCUT2D eigenvalue weighted by Gasteiger charge is -2.05. The monoisotopic (exact) mass is 351 g/mol. The molecule has 7 heteroatoms. The molecule has 0 saturated carbocycles. The Morgan fingerprint density at radius 3 is 2.80 bits per heavy atom. The third-order valence-electron chi connectivity index (χ3n) is 2.83. The fourth-order valence-electron chi connectivity index (χ4n) is 1.88. The van der Waals surface area contributed by atoms with Gasteiger partial charge in [-0.1, -0.05) is 16.8 Å². The van der Waals surface area contributed by atoms with Gasteiger partial charge in [-0.25, -0.2) is 9.48 Å². The van der Waals surface area contributed by atoms with Crippen molar-refractivity contribution in [3.8, 4) is 5.69 Å². The van der Waals surface area contributed by atoms with Crippen LogP contribution in [0.5, 0.6) is 0 Å². The normalized spacial score (nSPS) is 10.9. The SMILES string of the molecule is O=C(O)c1ccc2c(c1)nnn2-c1cc(Cl)ccc1Br. The highest BCUT2D eigenvalue weighted by Gasteiger charge is 2.12. The minimum absolute atomic E-state index is 0.176. The number of fused-ring (bicyclic) bond motifs is 1. The van der Waals surface area contributed by atoms with E-state index in [1.807, 2.05) is 6.07 Å². The summed E-state index contributed by atoms with van der Waals surface area (Å²) < 4.78 is 2.42. The molecule has 1 aromatic heterocycles. The maximum Gasteiger partial charge on any atom is 0.335 e. The van der Waals surface area contributed by atoms with Gasteiger partial charge in [0.2, 0.25) is 0 Å². The predicted octanol–water partition coefficient (Wildman–Crippen LogP) is 3.53. The summed E-state index contributed by atoms with van der Waals surface area (Å²) in [6.45, 7) is 0. The molecule has 5 nitrogen and oxygen atoms in total. The van der Waals surface area contributed by atoms with E-state index in [1.54, 1.807) is 22.9 Å². The summed E-state index contributed by atoms with van der Waals surface area (Å²) in [5.41, 5.74) is 2.13. The molecule has 20 heavy (non-hydrogen) atoms. The van der Waals surface area contributed by atoms with Crippen LogP contribution in [-0.4, -0.2) is 26.1 Å². The molecule has 0 amide bonds. The standard InChI is InChI=1S/C13H7BrClN3O2/c14-9-3-2-8(15)6-12(9)18-11-4-1-7(13(19)20)5-10(11)16-17-18/h1-6H,(H,19,20). The molecule has 0 unspecified atom stereocenters. The molecule has 1 N–H and O–H groups in total. The van der Waals surface area contributed by atoms with E-state index in [4.69, 9.17) is 16.7 Å². The van der Waals surface area contributed by atoms with Gasteiger partial charge in [0.1, 0.15) is 5.52 Å². The van der Waals surface area contributed by atoms with Gasteiger partial charge in [-0.05, 0) is 52.3 Å². The van der Waals surface area contributed by atoms with Crippen molar-refractivity contribution >= 4 is 44.5 Å². The molecular weight excluding hydrogens is 346 g/mol. The molecule has 3 rings (SSSR count). The molecule has 1 heterocycles. The molecule has 0 saturated heterocycles. The lowest BCUT2D eigenvalue weighted by atomic mass is 10.2. The number of nitrogens with zero attached hydrogens (tertiary/aromatic N) is 3. The van der Waals surface area contributed by atoms with E-state index in [-0.39, 0.29) is 5.56 Å². The third-order valence-corrected chi connectivity index (χ3v) is 3.73.